The Labute approximate surface area is 170 Å². The van der Waals surface area contributed by atoms with Crippen LogP contribution in [0.5, 0.6) is 5.75 Å². The van der Waals surface area contributed by atoms with E-state index in [-0.39, 0.29) is 13.0 Å². The highest BCUT2D eigenvalue weighted by Crippen LogP contribution is 2.35. The van der Waals surface area contributed by atoms with Gasteiger partial charge in [-0.25, -0.2) is 18.8 Å². The maximum atomic E-state index is 13.7. The number of nitrogens with zero attached hydrogens (tertiary/aromatic N) is 4. The van der Waals surface area contributed by atoms with Crippen LogP contribution in [-0.2, 0) is 6.54 Å². The maximum absolute atomic E-state index is 13.7. The van der Waals surface area contributed by atoms with Crippen LogP contribution in [0.4, 0.5) is 8.78 Å². The Morgan fingerprint density at radius 2 is 2.00 bits per heavy atom. The molecule has 1 saturated heterocycles. The van der Waals surface area contributed by atoms with Gasteiger partial charge in [0.2, 0.25) is 0 Å². The van der Waals surface area contributed by atoms with Crippen LogP contribution in [0.2, 0.25) is 0 Å². The van der Waals surface area contributed by atoms with Gasteiger partial charge in [-0.1, -0.05) is 18.7 Å². The van der Waals surface area contributed by atoms with Crippen LogP contribution in [0, 0.1) is 5.92 Å². The van der Waals surface area contributed by atoms with E-state index >= 15 is 0 Å². The SMILES string of the molecule is C=C1/N=C(C2CC2)\C=C(\N2CCC(F)(F)C2)C/C=N\N1Cc1ccc(OC)cc1. The molecule has 154 valence electrons. The Morgan fingerprint density at radius 3 is 2.62 bits per heavy atom. The molecule has 1 aliphatic carbocycles. The normalized spacial score (nSPS) is 26.7. The van der Waals surface area contributed by atoms with E-state index in [1.54, 1.807) is 23.2 Å². The smallest absolute Gasteiger partial charge is 0.266 e. The average molecular weight is 400 g/mol. The number of hydrogen-bond donors (Lipinski definition) is 0. The zero-order chi connectivity index (χ0) is 20.4. The first-order valence-electron chi connectivity index (χ1n) is 9.97. The molecular weight excluding hydrogens is 374 g/mol. The van der Waals surface area contributed by atoms with Gasteiger partial charge in [0.1, 0.15) is 11.6 Å². The van der Waals surface area contributed by atoms with Gasteiger partial charge in [0.15, 0.2) is 0 Å². The van der Waals surface area contributed by atoms with E-state index in [1.165, 1.54) is 0 Å². The zero-order valence-corrected chi connectivity index (χ0v) is 16.7. The summed E-state index contributed by atoms with van der Waals surface area (Å²) in [5.41, 5.74) is 2.83. The molecule has 0 atom stereocenters. The van der Waals surface area contributed by atoms with Crippen molar-refractivity contribution in [2.24, 2.45) is 16.0 Å². The standard InChI is InChI=1S/C22H26F2N4O/c1-16-26-21(18-5-6-18)13-19(27-12-10-22(23,24)15-27)9-11-25-28(16)14-17-3-7-20(29-2)8-4-17/h3-4,7-8,11,13,18H,1,5-6,9-10,12,14-15H2,2H3/b19-13+,25-11-,26-21+. The molecule has 7 heteroatoms. The largest absolute Gasteiger partial charge is 0.497 e. The summed E-state index contributed by atoms with van der Waals surface area (Å²) in [6, 6.07) is 7.78. The molecule has 1 aromatic rings. The molecule has 0 spiro atoms. The van der Waals surface area contributed by atoms with Crippen molar-refractivity contribution < 1.29 is 13.5 Å². The van der Waals surface area contributed by atoms with Crippen molar-refractivity contribution in [2.45, 2.75) is 38.2 Å². The van der Waals surface area contributed by atoms with Gasteiger partial charge in [-0.05, 0) is 36.6 Å². The molecule has 3 aliphatic rings. The second kappa shape index (κ2) is 7.97. The van der Waals surface area contributed by atoms with Gasteiger partial charge in [-0.2, -0.15) is 5.10 Å². The van der Waals surface area contributed by atoms with Crippen molar-refractivity contribution in [2.75, 3.05) is 20.2 Å². The van der Waals surface area contributed by atoms with Crippen LogP contribution in [0.15, 0.2) is 58.5 Å². The predicted octanol–water partition coefficient (Wildman–Crippen LogP) is 4.43. The second-order valence-corrected chi connectivity index (χ2v) is 7.80. The summed E-state index contributed by atoms with van der Waals surface area (Å²) in [7, 11) is 1.64. The number of alkyl halides is 2. The van der Waals surface area contributed by atoms with Crippen molar-refractivity contribution in [1.82, 2.24) is 9.91 Å². The molecule has 5 nitrogen and oxygen atoms in total. The molecule has 1 saturated carbocycles. The van der Waals surface area contributed by atoms with E-state index in [0.717, 1.165) is 35.6 Å². The molecule has 0 aromatic heterocycles. The third-order valence-electron chi connectivity index (χ3n) is 5.45. The molecule has 2 aliphatic heterocycles. The van der Waals surface area contributed by atoms with Crippen molar-refractivity contribution in [3.05, 3.63) is 54.0 Å². The summed E-state index contributed by atoms with van der Waals surface area (Å²) < 4.78 is 32.7. The summed E-state index contributed by atoms with van der Waals surface area (Å²) in [5.74, 6) is -0.892. The van der Waals surface area contributed by atoms with E-state index in [4.69, 9.17) is 9.73 Å². The average Bonchev–Trinajstić information content (AvgIpc) is 3.47. The number of hydrazone groups is 1. The Kier molecular flexibility index (Phi) is 5.39. The topological polar surface area (TPSA) is 40.4 Å². The van der Waals surface area contributed by atoms with Gasteiger partial charge in [0.25, 0.3) is 5.92 Å². The summed E-state index contributed by atoms with van der Waals surface area (Å²) in [6.07, 6.45) is 6.29. The van der Waals surface area contributed by atoms with Crippen LogP contribution in [0.1, 0.15) is 31.2 Å². The fraction of sp³-hybridized carbons (Fsp3) is 0.455. The molecular formula is C22H26F2N4O. The minimum atomic E-state index is -2.63. The number of halogens is 2. The van der Waals surface area contributed by atoms with Gasteiger partial charge in [0.05, 0.1) is 20.2 Å². The van der Waals surface area contributed by atoms with Crippen LogP contribution in [0.25, 0.3) is 0 Å². The van der Waals surface area contributed by atoms with Crippen LogP contribution in [-0.4, -0.2) is 48.0 Å². The highest BCUT2D eigenvalue weighted by molar-refractivity contribution is 5.99. The molecule has 1 aromatic carbocycles. The Morgan fingerprint density at radius 1 is 1.24 bits per heavy atom. The van der Waals surface area contributed by atoms with E-state index < -0.39 is 5.92 Å². The van der Waals surface area contributed by atoms with E-state index in [1.807, 2.05) is 30.3 Å². The monoisotopic (exact) mass is 400 g/mol. The minimum Gasteiger partial charge on any atom is -0.497 e. The quantitative estimate of drug-likeness (QED) is 0.734. The molecule has 0 N–H and O–H groups in total. The van der Waals surface area contributed by atoms with Gasteiger partial charge in [-0.3, -0.25) is 0 Å². The van der Waals surface area contributed by atoms with Crippen molar-refractivity contribution in [3.8, 4) is 5.75 Å². The number of aliphatic imine (C=N–C) groups is 1. The zero-order valence-electron chi connectivity index (χ0n) is 16.7. The second-order valence-electron chi connectivity index (χ2n) is 7.80. The fourth-order valence-electron chi connectivity index (χ4n) is 3.59. The van der Waals surface area contributed by atoms with Gasteiger partial charge >= 0.3 is 0 Å². The molecule has 2 heterocycles. The summed E-state index contributed by atoms with van der Waals surface area (Å²) >= 11 is 0. The van der Waals surface area contributed by atoms with Gasteiger partial charge in [0, 0.05) is 42.9 Å². The Hall–Kier alpha value is -2.70. The first-order chi connectivity index (χ1) is 13.9. The molecule has 0 unspecified atom stereocenters. The molecule has 29 heavy (non-hydrogen) atoms. The highest BCUT2D eigenvalue weighted by Gasteiger charge is 2.39. The number of benzene rings is 1. The first kappa shape index (κ1) is 19.6. The fourth-order valence-corrected chi connectivity index (χ4v) is 3.59. The van der Waals surface area contributed by atoms with Gasteiger partial charge < -0.3 is 9.64 Å². The third-order valence-corrected chi connectivity index (χ3v) is 5.45. The van der Waals surface area contributed by atoms with Crippen molar-refractivity contribution in [1.29, 1.82) is 0 Å². The van der Waals surface area contributed by atoms with E-state index in [2.05, 4.69) is 11.7 Å². The van der Waals surface area contributed by atoms with E-state index in [0.29, 0.717) is 31.2 Å². The number of likely N-dealkylation sites (tertiary alicyclic amines) is 1. The molecule has 2 fully saturated rings. The first-order valence-corrected chi connectivity index (χ1v) is 9.97. The molecule has 0 bridgehead atoms. The lowest BCUT2D eigenvalue weighted by Gasteiger charge is -2.21. The lowest BCUT2D eigenvalue weighted by atomic mass is 10.1. The third kappa shape index (κ3) is 4.83. The molecule has 0 radical (unpaired) electrons. The highest BCUT2D eigenvalue weighted by atomic mass is 19.3. The van der Waals surface area contributed by atoms with Crippen molar-refractivity contribution in [3.63, 3.8) is 0 Å². The Balaban J connectivity index is 1.56. The summed E-state index contributed by atoms with van der Waals surface area (Å²) in [5, 5.41) is 6.31. The number of allylic oxidation sites excluding steroid dienone is 2. The number of rotatable bonds is 5. The number of hydrogen-bond acceptors (Lipinski definition) is 5. The lowest BCUT2D eigenvalue weighted by Crippen LogP contribution is -2.25. The molecule has 4 rings (SSSR count). The summed E-state index contributed by atoms with van der Waals surface area (Å²) in [6.45, 7) is 4.76. The summed E-state index contributed by atoms with van der Waals surface area (Å²) in [4.78, 5) is 6.52. The lowest BCUT2D eigenvalue weighted by molar-refractivity contribution is 0.0150. The Bertz CT molecular complexity index is 856. The van der Waals surface area contributed by atoms with Crippen LogP contribution in [0.3, 0.4) is 0 Å². The predicted molar refractivity (Wildman–Crippen MR) is 110 cm³/mol. The van der Waals surface area contributed by atoms with Crippen molar-refractivity contribution >= 4 is 11.9 Å². The number of ether oxygens (including phenoxy) is 1. The van der Waals surface area contributed by atoms with Crippen LogP contribution < -0.4 is 4.74 Å². The maximum Gasteiger partial charge on any atom is 0.266 e. The number of methoxy groups -OCH3 is 1. The van der Waals surface area contributed by atoms with Crippen LogP contribution >= 0.6 is 0 Å². The van der Waals surface area contributed by atoms with Gasteiger partial charge in [-0.15, -0.1) is 0 Å². The minimum absolute atomic E-state index is 0.103. The van der Waals surface area contributed by atoms with E-state index in [9.17, 15) is 8.78 Å². The molecule has 0 amide bonds.